The lowest BCUT2D eigenvalue weighted by Crippen LogP contribution is -2.60. The number of thiazole rings is 1. The summed E-state index contributed by atoms with van der Waals surface area (Å²) in [7, 11) is 0. The summed E-state index contributed by atoms with van der Waals surface area (Å²) in [6, 6.07) is 8.40. The molecule has 0 aliphatic carbocycles. The van der Waals surface area contributed by atoms with Crippen molar-refractivity contribution in [3.05, 3.63) is 51.5 Å². The van der Waals surface area contributed by atoms with E-state index in [1.165, 1.54) is 0 Å². The summed E-state index contributed by atoms with van der Waals surface area (Å²) >= 11 is 1.62. The van der Waals surface area contributed by atoms with Crippen molar-refractivity contribution in [2.24, 2.45) is 0 Å². The van der Waals surface area contributed by atoms with Gasteiger partial charge < -0.3 is 29.9 Å². The first-order valence-electron chi connectivity index (χ1n) is 12.8. The van der Waals surface area contributed by atoms with Gasteiger partial charge in [-0.2, -0.15) is 0 Å². The van der Waals surface area contributed by atoms with Gasteiger partial charge in [0.2, 0.25) is 12.2 Å². The average Bonchev–Trinajstić information content (AvgIpc) is 3.46. The van der Waals surface area contributed by atoms with E-state index in [9.17, 15) is 20.4 Å². The number of benzene rings is 1. The third-order valence-electron chi connectivity index (χ3n) is 7.00. The Kier molecular flexibility index (Phi) is 8.99. The normalized spacial score (nSPS) is 24.8. The molecule has 1 aromatic carbocycles. The second-order valence-corrected chi connectivity index (χ2v) is 10.7. The fraction of sp³-hybridized carbons (Fsp3) is 0.556. The maximum atomic E-state index is 10.5. The Balaban J connectivity index is 1.65. The van der Waals surface area contributed by atoms with Crippen molar-refractivity contribution in [3.8, 4) is 17.1 Å². The zero-order valence-electron chi connectivity index (χ0n) is 21.7. The third kappa shape index (κ3) is 5.89. The second-order valence-electron chi connectivity index (χ2n) is 9.61. The van der Waals surface area contributed by atoms with Crippen LogP contribution < -0.4 is 4.74 Å². The van der Waals surface area contributed by atoms with Crippen molar-refractivity contribution in [3.63, 3.8) is 0 Å². The van der Waals surface area contributed by atoms with Crippen LogP contribution in [0.3, 0.4) is 0 Å². The maximum Gasteiger partial charge on any atom is 0.239 e. The summed E-state index contributed by atoms with van der Waals surface area (Å²) in [6.45, 7) is 7.73. The predicted molar refractivity (Wildman–Crippen MR) is 141 cm³/mol. The topological polar surface area (TPSA) is 130 Å². The minimum atomic E-state index is -1.52. The number of rotatable bonds is 10. The molecule has 3 heterocycles. The SMILES string of the molecule is CCCC(CC)n1nc(O[C@@H]2O[C@H](CO)[C@@H](O)C(O)[C@H]2O)c(Cc2ccc(-c3csc(C)n3)cc2)c1C. The minimum Gasteiger partial charge on any atom is -0.443 e. The van der Waals surface area contributed by atoms with Crippen LogP contribution in [-0.4, -0.2) is 72.5 Å². The number of hydrogen-bond donors (Lipinski definition) is 4. The molecule has 0 saturated carbocycles. The number of ether oxygens (including phenoxy) is 2. The van der Waals surface area contributed by atoms with Crippen LogP contribution in [0.25, 0.3) is 11.3 Å². The Morgan fingerprint density at radius 1 is 1.08 bits per heavy atom. The molecule has 0 bridgehead atoms. The summed E-state index contributed by atoms with van der Waals surface area (Å²) in [5.74, 6) is 0.301. The van der Waals surface area contributed by atoms with Gasteiger partial charge in [0.25, 0.3) is 0 Å². The van der Waals surface area contributed by atoms with Crippen LogP contribution in [0.5, 0.6) is 5.88 Å². The molecule has 2 unspecified atom stereocenters. The van der Waals surface area contributed by atoms with Crippen molar-refractivity contribution in [1.29, 1.82) is 0 Å². The Morgan fingerprint density at radius 3 is 2.41 bits per heavy atom. The van der Waals surface area contributed by atoms with E-state index in [1.54, 1.807) is 11.3 Å². The van der Waals surface area contributed by atoms with Crippen molar-refractivity contribution in [1.82, 2.24) is 14.8 Å². The summed E-state index contributed by atoms with van der Waals surface area (Å²) in [5, 5.41) is 48.3. The van der Waals surface area contributed by atoms with Gasteiger partial charge in [0, 0.05) is 28.6 Å². The Bertz CT molecular complexity index is 1160. The van der Waals surface area contributed by atoms with Gasteiger partial charge in [-0.3, -0.25) is 4.68 Å². The molecule has 0 radical (unpaired) electrons. The van der Waals surface area contributed by atoms with Gasteiger partial charge in [-0.15, -0.1) is 16.4 Å². The third-order valence-corrected chi connectivity index (χ3v) is 7.78. The van der Waals surface area contributed by atoms with Crippen LogP contribution in [0.4, 0.5) is 0 Å². The van der Waals surface area contributed by atoms with Gasteiger partial charge in [-0.25, -0.2) is 4.98 Å². The van der Waals surface area contributed by atoms with Gasteiger partial charge in [0.15, 0.2) is 0 Å². The molecular formula is C27H37N3O6S. The van der Waals surface area contributed by atoms with Crippen LogP contribution >= 0.6 is 11.3 Å². The van der Waals surface area contributed by atoms with Gasteiger partial charge >= 0.3 is 0 Å². The van der Waals surface area contributed by atoms with E-state index in [0.29, 0.717) is 12.3 Å². The lowest BCUT2D eigenvalue weighted by atomic mass is 9.99. The van der Waals surface area contributed by atoms with E-state index >= 15 is 0 Å². The Labute approximate surface area is 221 Å². The zero-order chi connectivity index (χ0) is 26.7. The van der Waals surface area contributed by atoms with Gasteiger partial charge in [-0.1, -0.05) is 44.5 Å². The standard InChI is InChI=1S/C27H37N3O6S/c1-5-7-19(6-2)30-15(3)20(12-17-8-10-18(11-9-17)21-14-37-16(4)28-21)26(29-30)36-27-25(34)24(33)23(32)22(13-31)35-27/h8-11,14,19,22-25,27,31-34H,5-7,12-13H2,1-4H3/t19?,22-,23-,24?,25-,27+/m1/s1. The number of aliphatic hydroxyl groups is 4. The average molecular weight is 532 g/mol. The molecule has 6 atom stereocenters. The molecule has 0 spiro atoms. The predicted octanol–water partition coefficient (Wildman–Crippen LogP) is 3.14. The van der Waals surface area contributed by atoms with Gasteiger partial charge in [0.05, 0.1) is 23.4 Å². The molecular weight excluding hydrogens is 494 g/mol. The molecule has 0 amide bonds. The molecule has 2 aromatic heterocycles. The van der Waals surface area contributed by atoms with Crippen molar-refractivity contribution < 1.29 is 29.9 Å². The summed E-state index contributed by atoms with van der Waals surface area (Å²) in [4.78, 5) is 4.56. The van der Waals surface area contributed by atoms with Crippen LogP contribution in [0, 0.1) is 13.8 Å². The van der Waals surface area contributed by atoms with Gasteiger partial charge in [0.1, 0.15) is 24.4 Å². The van der Waals surface area contributed by atoms with Crippen molar-refractivity contribution in [2.45, 2.75) is 90.1 Å². The van der Waals surface area contributed by atoms with Gasteiger partial charge in [-0.05, 0) is 32.3 Å². The van der Waals surface area contributed by atoms with Crippen LogP contribution in [0.2, 0.25) is 0 Å². The molecule has 1 fully saturated rings. The highest BCUT2D eigenvalue weighted by Crippen LogP contribution is 2.33. The molecule has 9 nitrogen and oxygen atoms in total. The molecule has 37 heavy (non-hydrogen) atoms. The van der Waals surface area contributed by atoms with E-state index in [0.717, 1.165) is 52.3 Å². The molecule has 1 aliphatic rings. The molecule has 202 valence electrons. The molecule has 1 saturated heterocycles. The van der Waals surface area contributed by atoms with E-state index in [1.807, 2.05) is 36.0 Å². The highest BCUT2D eigenvalue weighted by molar-refractivity contribution is 7.09. The number of aliphatic hydroxyl groups excluding tert-OH is 4. The molecule has 3 aromatic rings. The fourth-order valence-corrected chi connectivity index (χ4v) is 5.40. The number of aryl methyl sites for hydroxylation is 1. The molecule has 1 aliphatic heterocycles. The van der Waals surface area contributed by atoms with E-state index in [2.05, 4.69) is 31.0 Å². The van der Waals surface area contributed by atoms with Crippen LogP contribution in [0.1, 0.15) is 61.0 Å². The highest BCUT2D eigenvalue weighted by Gasteiger charge is 2.45. The maximum absolute atomic E-state index is 10.5. The Morgan fingerprint density at radius 2 is 1.81 bits per heavy atom. The first-order chi connectivity index (χ1) is 17.8. The zero-order valence-corrected chi connectivity index (χ0v) is 22.6. The minimum absolute atomic E-state index is 0.186. The van der Waals surface area contributed by atoms with E-state index in [4.69, 9.17) is 14.6 Å². The lowest BCUT2D eigenvalue weighted by Gasteiger charge is -2.39. The summed E-state index contributed by atoms with van der Waals surface area (Å²) in [6.07, 6.45) is -3.42. The largest absolute Gasteiger partial charge is 0.443 e. The Hall–Kier alpha value is -2.34. The second kappa shape index (κ2) is 12.0. The molecule has 10 heteroatoms. The number of hydrogen-bond acceptors (Lipinski definition) is 9. The molecule has 4 rings (SSSR count). The number of aromatic nitrogens is 3. The van der Waals surface area contributed by atoms with Crippen LogP contribution in [-0.2, 0) is 11.2 Å². The summed E-state index contributed by atoms with van der Waals surface area (Å²) < 4.78 is 13.6. The fourth-order valence-electron chi connectivity index (χ4n) is 4.78. The first-order valence-corrected chi connectivity index (χ1v) is 13.7. The lowest BCUT2D eigenvalue weighted by molar-refractivity contribution is -0.278. The van der Waals surface area contributed by atoms with Crippen LogP contribution in [0.15, 0.2) is 29.6 Å². The van der Waals surface area contributed by atoms with E-state index in [-0.39, 0.29) is 6.04 Å². The molecule has 4 N–H and O–H groups in total. The van der Waals surface area contributed by atoms with Crippen molar-refractivity contribution >= 4 is 11.3 Å². The summed E-state index contributed by atoms with van der Waals surface area (Å²) in [5.41, 5.74) is 4.87. The highest BCUT2D eigenvalue weighted by atomic mass is 32.1. The van der Waals surface area contributed by atoms with E-state index < -0.39 is 37.3 Å². The quantitative estimate of drug-likeness (QED) is 0.314. The number of nitrogens with zero attached hydrogens (tertiary/aromatic N) is 3. The first kappa shape index (κ1) is 27.7. The smallest absolute Gasteiger partial charge is 0.239 e. The van der Waals surface area contributed by atoms with Crippen molar-refractivity contribution in [2.75, 3.05) is 6.61 Å². The monoisotopic (exact) mass is 531 g/mol.